The van der Waals surface area contributed by atoms with E-state index in [4.69, 9.17) is 0 Å². The van der Waals surface area contributed by atoms with Crippen LogP contribution in [0.2, 0.25) is 0 Å². The lowest BCUT2D eigenvalue weighted by atomic mass is 10.1. The van der Waals surface area contributed by atoms with Gasteiger partial charge in [0.05, 0.1) is 22.9 Å². The number of hydrogen-bond donors (Lipinski definition) is 3. The Bertz CT molecular complexity index is 1180. The molecule has 0 bridgehead atoms. The van der Waals surface area contributed by atoms with Crippen LogP contribution in [0.3, 0.4) is 0 Å². The fourth-order valence-corrected chi connectivity index (χ4v) is 3.10. The van der Waals surface area contributed by atoms with E-state index in [9.17, 15) is 33.0 Å². The van der Waals surface area contributed by atoms with Crippen molar-refractivity contribution in [3.63, 3.8) is 0 Å². The Morgan fingerprint density at radius 3 is 2.19 bits per heavy atom. The number of alkyl halides is 3. The number of carboxylic acid groups (broad SMARTS) is 2. The summed E-state index contributed by atoms with van der Waals surface area (Å²) in [5.41, 5.74) is 3.65. The molecule has 3 rings (SSSR count). The van der Waals surface area contributed by atoms with Crippen molar-refractivity contribution in [3.05, 3.63) is 76.2 Å². The van der Waals surface area contributed by atoms with Gasteiger partial charge < -0.3 is 14.8 Å². The van der Waals surface area contributed by atoms with Gasteiger partial charge in [0.1, 0.15) is 5.82 Å². The van der Waals surface area contributed by atoms with Crippen LogP contribution >= 0.6 is 0 Å². The second-order valence-electron chi connectivity index (χ2n) is 6.84. The van der Waals surface area contributed by atoms with E-state index in [0.29, 0.717) is 28.8 Å². The van der Waals surface area contributed by atoms with Crippen LogP contribution in [0.4, 0.5) is 19.0 Å². The number of halogens is 3. The molecule has 2 aromatic heterocycles. The maximum absolute atomic E-state index is 12.6. The largest absolute Gasteiger partial charge is 0.478 e. The Hall–Kier alpha value is -4.15. The average Bonchev–Trinajstić information content (AvgIpc) is 3.00. The standard InChI is InChI=1S/C21H17F3N4O4/c1-11-5-15(9-26-27-18-4-3-16(10-25-18)21(22,23)24)12(2)28(11)17-7-13(19(29)30)6-14(8-17)20(31)32/h3-10H,1-2H3,(H,25,27)(H,29,30)(H,31,32)/b26-9+. The summed E-state index contributed by atoms with van der Waals surface area (Å²) in [6.07, 6.45) is -2.36. The molecule has 3 aromatic rings. The first-order valence-corrected chi connectivity index (χ1v) is 9.10. The molecule has 0 saturated carbocycles. The van der Waals surface area contributed by atoms with Crippen molar-refractivity contribution in [1.82, 2.24) is 9.55 Å². The van der Waals surface area contributed by atoms with Gasteiger partial charge in [0.25, 0.3) is 0 Å². The lowest BCUT2D eigenvalue weighted by molar-refractivity contribution is -0.137. The zero-order valence-electron chi connectivity index (χ0n) is 16.8. The van der Waals surface area contributed by atoms with E-state index in [1.165, 1.54) is 18.3 Å². The van der Waals surface area contributed by atoms with Gasteiger partial charge in [0, 0.05) is 28.8 Å². The first-order chi connectivity index (χ1) is 15.0. The summed E-state index contributed by atoms with van der Waals surface area (Å²) in [7, 11) is 0. The Balaban J connectivity index is 1.88. The van der Waals surface area contributed by atoms with E-state index >= 15 is 0 Å². The van der Waals surface area contributed by atoms with Crippen LogP contribution in [0.1, 0.15) is 43.2 Å². The number of aromatic nitrogens is 2. The summed E-state index contributed by atoms with van der Waals surface area (Å²) in [6, 6.07) is 7.57. The van der Waals surface area contributed by atoms with Crippen LogP contribution in [0.25, 0.3) is 5.69 Å². The SMILES string of the molecule is Cc1cc(/C=N/Nc2ccc(C(F)(F)F)cn2)c(C)n1-c1cc(C(=O)O)cc(C(=O)O)c1. The third kappa shape index (κ3) is 4.77. The number of hydrogen-bond acceptors (Lipinski definition) is 5. The fourth-order valence-electron chi connectivity index (χ4n) is 3.10. The van der Waals surface area contributed by atoms with Gasteiger partial charge in [-0.05, 0) is 50.2 Å². The van der Waals surface area contributed by atoms with E-state index in [1.54, 1.807) is 24.5 Å². The van der Waals surface area contributed by atoms with Crippen LogP contribution in [0.5, 0.6) is 0 Å². The molecule has 11 heteroatoms. The van der Waals surface area contributed by atoms with Crippen molar-refractivity contribution >= 4 is 24.0 Å². The maximum Gasteiger partial charge on any atom is 0.417 e. The molecule has 0 aliphatic heterocycles. The summed E-state index contributed by atoms with van der Waals surface area (Å²) < 4.78 is 39.5. The number of pyridine rings is 1. The Morgan fingerprint density at radius 1 is 1.06 bits per heavy atom. The lowest BCUT2D eigenvalue weighted by Gasteiger charge is -2.12. The highest BCUT2D eigenvalue weighted by molar-refractivity contribution is 5.95. The third-order valence-electron chi connectivity index (χ3n) is 4.61. The average molecular weight is 446 g/mol. The molecule has 0 fully saturated rings. The van der Waals surface area contributed by atoms with E-state index < -0.39 is 23.7 Å². The number of nitrogens with one attached hydrogen (secondary N) is 1. The molecular weight excluding hydrogens is 429 g/mol. The number of aryl methyl sites for hydroxylation is 1. The summed E-state index contributed by atoms with van der Waals surface area (Å²) in [6.45, 7) is 3.49. The third-order valence-corrected chi connectivity index (χ3v) is 4.61. The number of hydrazone groups is 1. The van der Waals surface area contributed by atoms with Gasteiger partial charge in [-0.1, -0.05) is 0 Å². The van der Waals surface area contributed by atoms with Crippen molar-refractivity contribution in [2.24, 2.45) is 5.10 Å². The minimum atomic E-state index is -4.48. The molecule has 32 heavy (non-hydrogen) atoms. The number of carboxylic acids is 2. The molecule has 0 radical (unpaired) electrons. The van der Waals surface area contributed by atoms with E-state index in [0.717, 1.165) is 18.2 Å². The van der Waals surface area contributed by atoms with Gasteiger partial charge in [-0.3, -0.25) is 5.43 Å². The molecule has 1 aromatic carbocycles. The van der Waals surface area contributed by atoms with Gasteiger partial charge in [0.2, 0.25) is 0 Å². The van der Waals surface area contributed by atoms with Gasteiger partial charge in [0.15, 0.2) is 0 Å². The smallest absolute Gasteiger partial charge is 0.417 e. The lowest BCUT2D eigenvalue weighted by Crippen LogP contribution is -2.07. The monoisotopic (exact) mass is 446 g/mol. The molecule has 0 spiro atoms. The molecule has 0 unspecified atom stereocenters. The molecule has 3 N–H and O–H groups in total. The molecule has 8 nitrogen and oxygen atoms in total. The molecule has 0 aliphatic rings. The van der Waals surface area contributed by atoms with Crippen molar-refractivity contribution in [3.8, 4) is 5.69 Å². The zero-order valence-corrected chi connectivity index (χ0v) is 16.8. The van der Waals surface area contributed by atoms with E-state index in [-0.39, 0.29) is 16.9 Å². The topological polar surface area (TPSA) is 117 Å². The number of aromatic carboxylic acids is 2. The minimum absolute atomic E-state index is 0.114. The highest BCUT2D eigenvalue weighted by Gasteiger charge is 2.30. The summed E-state index contributed by atoms with van der Waals surface area (Å²) in [5.74, 6) is -2.40. The van der Waals surface area contributed by atoms with Gasteiger partial charge in [-0.2, -0.15) is 18.3 Å². The summed E-state index contributed by atoms with van der Waals surface area (Å²) >= 11 is 0. The predicted molar refractivity (Wildman–Crippen MR) is 110 cm³/mol. The van der Waals surface area contributed by atoms with Gasteiger partial charge in [-0.15, -0.1) is 0 Å². The highest BCUT2D eigenvalue weighted by atomic mass is 19.4. The molecule has 0 aliphatic carbocycles. The van der Waals surface area contributed by atoms with Crippen molar-refractivity contribution in [2.75, 3.05) is 5.43 Å². The number of rotatable bonds is 6. The van der Waals surface area contributed by atoms with Gasteiger partial charge in [-0.25, -0.2) is 14.6 Å². The van der Waals surface area contributed by atoms with Crippen molar-refractivity contribution < 1.29 is 33.0 Å². The van der Waals surface area contributed by atoms with E-state index in [1.807, 2.05) is 0 Å². The second-order valence-corrected chi connectivity index (χ2v) is 6.84. The molecular formula is C21H17F3N4O4. The maximum atomic E-state index is 12.6. The summed E-state index contributed by atoms with van der Waals surface area (Å²) in [4.78, 5) is 26.4. The Morgan fingerprint density at radius 2 is 1.69 bits per heavy atom. The Kier molecular flexibility index (Phi) is 6.01. The Labute approximate surface area is 179 Å². The van der Waals surface area contributed by atoms with Crippen molar-refractivity contribution in [2.45, 2.75) is 20.0 Å². The molecule has 0 atom stereocenters. The highest BCUT2D eigenvalue weighted by Crippen LogP contribution is 2.29. The van der Waals surface area contributed by atoms with Crippen LogP contribution in [-0.2, 0) is 6.18 Å². The first kappa shape index (κ1) is 22.5. The van der Waals surface area contributed by atoms with Crippen LogP contribution in [0.15, 0.2) is 47.7 Å². The van der Waals surface area contributed by atoms with Gasteiger partial charge >= 0.3 is 18.1 Å². The second kappa shape index (κ2) is 8.53. The number of nitrogens with zero attached hydrogens (tertiary/aromatic N) is 3. The quantitative estimate of drug-likeness (QED) is 0.383. The normalized spacial score (nSPS) is 11.7. The number of benzene rings is 1. The van der Waals surface area contributed by atoms with Crippen molar-refractivity contribution in [1.29, 1.82) is 0 Å². The molecule has 0 saturated heterocycles. The van der Waals surface area contributed by atoms with E-state index in [2.05, 4.69) is 15.5 Å². The van der Waals surface area contributed by atoms with Crippen LogP contribution in [-0.4, -0.2) is 37.9 Å². The fraction of sp³-hybridized carbons (Fsp3) is 0.143. The molecule has 166 valence electrons. The zero-order chi connectivity index (χ0) is 23.6. The molecule has 2 heterocycles. The first-order valence-electron chi connectivity index (χ1n) is 9.10. The molecule has 0 amide bonds. The minimum Gasteiger partial charge on any atom is -0.478 e. The number of carbonyl (C=O) groups is 2. The van der Waals surface area contributed by atoms with Crippen LogP contribution < -0.4 is 5.43 Å². The summed E-state index contributed by atoms with van der Waals surface area (Å²) in [5, 5.41) is 22.6. The predicted octanol–water partition coefficient (Wildman–Crippen LogP) is 4.35. The van der Waals surface area contributed by atoms with Crippen LogP contribution in [0, 0.1) is 13.8 Å². The number of anilines is 1.